The second-order valence-corrected chi connectivity index (χ2v) is 3.25. The Morgan fingerprint density at radius 2 is 1.62 bits per heavy atom. The highest BCUT2D eigenvalue weighted by Gasteiger charge is 2.01. The minimum atomic E-state index is 0.475. The van der Waals surface area contributed by atoms with E-state index in [0.29, 0.717) is 19.1 Å². The molecule has 0 aromatic heterocycles. The van der Waals surface area contributed by atoms with E-state index in [0.717, 1.165) is 26.2 Å². The third kappa shape index (κ3) is 9.80. The van der Waals surface area contributed by atoms with Crippen LogP contribution in [0.4, 0.5) is 0 Å². The van der Waals surface area contributed by atoms with Gasteiger partial charge >= 0.3 is 0 Å². The molecule has 0 bridgehead atoms. The molecule has 0 rings (SSSR count). The van der Waals surface area contributed by atoms with Crippen LogP contribution in [0.3, 0.4) is 0 Å². The Balaban J connectivity index is 3.05. The van der Waals surface area contributed by atoms with Crippen LogP contribution in [-0.4, -0.2) is 40.1 Å². The second-order valence-electron chi connectivity index (χ2n) is 3.25. The molecule has 3 heteroatoms. The van der Waals surface area contributed by atoms with E-state index in [-0.39, 0.29) is 0 Å². The molecule has 0 saturated carbocycles. The SMILES string of the molecule is CCCOCC(C)COCCOC. The molecule has 0 aliphatic heterocycles. The third-order valence-corrected chi connectivity index (χ3v) is 1.58. The topological polar surface area (TPSA) is 27.7 Å². The summed E-state index contributed by atoms with van der Waals surface area (Å²) < 4.78 is 15.6. The fraction of sp³-hybridized carbons (Fsp3) is 1.00. The van der Waals surface area contributed by atoms with E-state index >= 15 is 0 Å². The van der Waals surface area contributed by atoms with Crippen LogP contribution in [0.5, 0.6) is 0 Å². The molecule has 0 aliphatic carbocycles. The maximum atomic E-state index is 5.39. The number of hydrogen-bond acceptors (Lipinski definition) is 3. The van der Waals surface area contributed by atoms with Gasteiger partial charge in [0.1, 0.15) is 0 Å². The first-order chi connectivity index (χ1) is 6.31. The zero-order valence-corrected chi connectivity index (χ0v) is 9.04. The van der Waals surface area contributed by atoms with Crippen molar-refractivity contribution < 1.29 is 14.2 Å². The lowest BCUT2D eigenvalue weighted by molar-refractivity contribution is 0.0247. The standard InChI is InChI=1S/C10H22O3/c1-4-5-12-8-10(2)9-13-7-6-11-3/h10H,4-9H2,1-3H3. The van der Waals surface area contributed by atoms with Gasteiger partial charge in [0.05, 0.1) is 26.4 Å². The van der Waals surface area contributed by atoms with Crippen LogP contribution in [0.1, 0.15) is 20.3 Å². The van der Waals surface area contributed by atoms with Gasteiger partial charge < -0.3 is 14.2 Å². The maximum Gasteiger partial charge on any atom is 0.0700 e. The molecule has 3 nitrogen and oxygen atoms in total. The summed E-state index contributed by atoms with van der Waals surface area (Å²) in [6, 6.07) is 0. The molecule has 0 amide bonds. The van der Waals surface area contributed by atoms with Crippen molar-refractivity contribution in [3.63, 3.8) is 0 Å². The summed E-state index contributed by atoms with van der Waals surface area (Å²) in [6.07, 6.45) is 1.08. The van der Waals surface area contributed by atoms with E-state index < -0.39 is 0 Å². The van der Waals surface area contributed by atoms with Crippen LogP contribution in [-0.2, 0) is 14.2 Å². The molecule has 0 saturated heterocycles. The second kappa shape index (κ2) is 9.96. The zero-order valence-electron chi connectivity index (χ0n) is 9.04. The third-order valence-electron chi connectivity index (χ3n) is 1.58. The minimum Gasteiger partial charge on any atom is -0.382 e. The average molecular weight is 190 g/mol. The highest BCUT2D eigenvalue weighted by Crippen LogP contribution is 1.97. The van der Waals surface area contributed by atoms with Gasteiger partial charge in [0.15, 0.2) is 0 Å². The Labute approximate surface area is 81.4 Å². The molecule has 0 aromatic carbocycles. The van der Waals surface area contributed by atoms with Crippen molar-refractivity contribution in [1.29, 1.82) is 0 Å². The molecule has 0 radical (unpaired) electrons. The van der Waals surface area contributed by atoms with Crippen LogP contribution < -0.4 is 0 Å². The normalized spacial score (nSPS) is 13.2. The van der Waals surface area contributed by atoms with Gasteiger partial charge in [0.2, 0.25) is 0 Å². The Kier molecular flexibility index (Phi) is 9.87. The van der Waals surface area contributed by atoms with Gasteiger partial charge in [-0.25, -0.2) is 0 Å². The predicted octanol–water partition coefficient (Wildman–Crippen LogP) is 1.71. The van der Waals surface area contributed by atoms with Crippen molar-refractivity contribution in [3.05, 3.63) is 0 Å². The summed E-state index contributed by atoms with van der Waals surface area (Å²) in [6.45, 7) is 7.98. The van der Waals surface area contributed by atoms with Crippen molar-refractivity contribution in [2.75, 3.05) is 40.1 Å². The predicted molar refractivity (Wildman–Crippen MR) is 53.0 cm³/mol. The first kappa shape index (κ1) is 12.9. The molecule has 13 heavy (non-hydrogen) atoms. The Hall–Kier alpha value is -0.120. The molecule has 0 spiro atoms. The van der Waals surface area contributed by atoms with Crippen molar-refractivity contribution in [1.82, 2.24) is 0 Å². The highest BCUT2D eigenvalue weighted by molar-refractivity contribution is 4.48. The van der Waals surface area contributed by atoms with Gasteiger partial charge in [-0.1, -0.05) is 13.8 Å². The maximum absolute atomic E-state index is 5.39. The molecule has 0 N–H and O–H groups in total. The fourth-order valence-electron chi connectivity index (χ4n) is 0.904. The average Bonchev–Trinajstić information content (AvgIpc) is 2.13. The molecular formula is C10H22O3. The molecule has 0 heterocycles. The Morgan fingerprint density at radius 3 is 2.15 bits per heavy atom. The number of methoxy groups -OCH3 is 1. The molecule has 1 unspecified atom stereocenters. The largest absolute Gasteiger partial charge is 0.382 e. The molecular weight excluding hydrogens is 168 g/mol. The lowest BCUT2D eigenvalue weighted by Gasteiger charge is -2.11. The number of rotatable bonds is 9. The Bertz CT molecular complexity index is 96.2. The van der Waals surface area contributed by atoms with Crippen molar-refractivity contribution in [2.24, 2.45) is 5.92 Å². The first-order valence-corrected chi connectivity index (χ1v) is 4.95. The van der Waals surface area contributed by atoms with E-state index in [4.69, 9.17) is 14.2 Å². The smallest absolute Gasteiger partial charge is 0.0700 e. The van der Waals surface area contributed by atoms with Crippen LogP contribution in [0.25, 0.3) is 0 Å². The van der Waals surface area contributed by atoms with Crippen molar-refractivity contribution in [2.45, 2.75) is 20.3 Å². The van der Waals surface area contributed by atoms with E-state index in [2.05, 4.69) is 13.8 Å². The molecule has 80 valence electrons. The first-order valence-electron chi connectivity index (χ1n) is 4.95. The molecule has 0 aromatic rings. The van der Waals surface area contributed by atoms with Gasteiger partial charge in [-0.3, -0.25) is 0 Å². The van der Waals surface area contributed by atoms with Gasteiger partial charge in [0, 0.05) is 19.6 Å². The minimum absolute atomic E-state index is 0.475. The van der Waals surface area contributed by atoms with Crippen LogP contribution in [0.2, 0.25) is 0 Å². The van der Waals surface area contributed by atoms with E-state index in [9.17, 15) is 0 Å². The van der Waals surface area contributed by atoms with Crippen molar-refractivity contribution >= 4 is 0 Å². The highest BCUT2D eigenvalue weighted by atomic mass is 16.5. The lowest BCUT2D eigenvalue weighted by atomic mass is 10.2. The van der Waals surface area contributed by atoms with Gasteiger partial charge in [-0.2, -0.15) is 0 Å². The van der Waals surface area contributed by atoms with Gasteiger partial charge in [0.25, 0.3) is 0 Å². The number of hydrogen-bond donors (Lipinski definition) is 0. The lowest BCUT2D eigenvalue weighted by Crippen LogP contribution is -2.15. The van der Waals surface area contributed by atoms with E-state index in [1.165, 1.54) is 0 Å². The fourth-order valence-corrected chi connectivity index (χ4v) is 0.904. The summed E-state index contributed by atoms with van der Waals surface area (Å²) in [5, 5.41) is 0. The molecule has 0 aliphatic rings. The monoisotopic (exact) mass is 190 g/mol. The summed E-state index contributed by atoms with van der Waals surface area (Å²) in [5.41, 5.74) is 0. The van der Waals surface area contributed by atoms with Gasteiger partial charge in [-0.15, -0.1) is 0 Å². The summed E-state index contributed by atoms with van der Waals surface area (Å²) in [4.78, 5) is 0. The summed E-state index contributed by atoms with van der Waals surface area (Å²) >= 11 is 0. The van der Waals surface area contributed by atoms with Gasteiger partial charge in [-0.05, 0) is 6.42 Å². The quantitative estimate of drug-likeness (QED) is 0.518. The van der Waals surface area contributed by atoms with Crippen LogP contribution in [0.15, 0.2) is 0 Å². The van der Waals surface area contributed by atoms with E-state index in [1.54, 1.807) is 7.11 Å². The summed E-state index contributed by atoms with van der Waals surface area (Å²) in [5.74, 6) is 0.475. The van der Waals surface area contributed by atoms with Crippen LogP contribution in [0, 0.1) is 5.92 Å². The van der Waals surface area contributed by atoms with E-state index in [1.807, 2.05) is 0 Å². The number of ether oxygens (including phenoxy) is 3. The molecule has 1 atom stereocenters. The molecule has 0 fully saturated rings. The van der Waals surface area contributed by atoms with Crippen LogP contribution >= 0.6 is 0 Å². The Morgan fingerprint density at radius 1 is 1.00 bits per heavy atom. The summed E-state index contributed by atoms with van der Waals surface area (Å²) in [7, 11) is 1.68. The van der Waals surface area contributed by atoms with Crippen molar-refractivity contribution in [3.8, 4) is 0 Å². The zero-order chi connectivity index (χ0) is 9.94.